The van der Waals surface area contributed by atoms with E-state index in [1.807, 2.05) is 13.8 Å². The molecule has 0 radical (unpaired) electrons. The second-order valence-corrected chi connectivity index (χ2v) is 5.63. The fourth-order valence-electron chi connectivity index (χ4n) is 2.89. The molecule has 0 saturated carbocycles. The number of rotatable bonds is 4. The van der Waals surface area contributed by atoms with Gasteiger partial charge in [0.2, 0.25) is 5.82 Å². The Morgan fingerprint density at radius 1 is 1.50 bits per heavy atom. The number of hydrogen-bond donors (Lipinski definition) is 1. The van der Waals surface area contributed by atoms with Gasteiger partial charge in [-0.1, -0.05) is 0 Å². The van der Waals surface area contributed by atoms with Gasteiger partial charge in [-0.3, -0.25) is 10.1 Å². The maximum absolute atomic E-state index is 11.4. The van der Waals surface area contributed by atoms with Gasteiger partial charge in [-0.05, 0) is 40.0 Å². The van der Waals surface area contributed by atoms with Crippen LogP contribution in [0.3, 0.4) is 0 Å². The zero-order valence-electron chi connectivity index (χ0n) is 12.4. The van der Waals surface area contributed by atoms with Crippen LogP contribution in [0.5, 0.6) is 0 Å². The molecule has 1 unspecified atom stereocenters. The second kappa shape index (κ2) is 5.78. The van der Waals surface area contributed by atoms with Crippen LogP contribution in [0.1, 0.15) is 44.8 Å². The molecule has 0 spiro atoms. The maximum Gasteiger partial charge on any atom is 0.333 e. The topological polar surface area (TPSA) is 90.2 Å². The molecule has 112 valence electrons. The summed E-state index contributed by atoms with van der Waals surface area (Å²) in [4.78, 5) is 13.2. The summed E-state index contributed by atoms with van der Waals surface area (Å²) >= 11 is 0. The SMILES string of the molecule is Cc1nn(C(C)C)c(N2CCCCC2CN)c1[N+](=O)[O-]. The largest absolute Gasteiger partial charge is 0.347 e. The molecule has 20 heavy (non-hydrogen) atoms. The first-order valence-corrected chi connectivity index (χ1v) is 7.17. The minimum atomic E-state index is -0.321. The summed E-state index contributed by atoms with van der Waals surface area (Å²) in [6, 6.07) is 0.244. The molecule has 1 atom stereocenters. The van der Waals surface area contributed by atoms with E-state index in [9.17, 15) is 10.1 Å². The molecular formula is C13H23N5O2. The number of nitrogens with zero attached hydrogens (tertiary/aromatic N) is 4. The summed E-state index contributed by atoms with van der Waals surface area (Å²) in [5, 5.41) is 15.8. The maximum atomic E-state index is 11.4. The molecule has 0 bridgehead atoms. The van der Waals surface area contributed by atoms with Gasteiger partial charge in [0, 0.05) is 25.2 Å². The number of anilines is 1. The van der Waals surface area contributed by atoms with E-state index in [0.29, 0.717) is 18.1 Å². The monoisotopic (exact) mass is 281 g/mol. The third-order valence-electron chi connectivity index (χ3n) is 3.87. The summed E-state index contributed by atoms with van der Waals surface area (Å²) < 4.78 is 1.77. The van der Waals surface area contributed by atoms with Crippen LogP contribution < -0.4 is 10.6 Å². The molecule has 0 amide bonds. The van der Waals surface area contributed by atoms with E-state index in [1.165, 1.54) is 0 Å². The van der Waals surface area contributed by atoms with E-state index in [1.54, 1.807) is 11.6 Å². The highest BCUT2D eigenvalue weighted by Gasteiger charge is 2.34. The normalized spacial score (nSPS) is 19.6. The zero-order chi connectivity index (χ0) is 14.9. The molecule has 1 aromatic rings. The van der Waals surface area contributed by atoms with Crippen molar-refractivity contribution < 1.29 is 4.92 Å². The number of nitro groups is 1. The first-order chi connectivity index (χ1) is 9.47. The standard InChI is InChI=1S/C13H23N5O2/c1-9(2)17-13(12(18(19)20)10(3)15-17)16-7-5-4-6-11(16)8-14/h9,11H,4-8,14H2,1-3H3. The van der Waals surface area contributed by atoms with Gasteiger partial charge in [-0.2, -0.15) is 5.10 Å². The quantitative estimate of drug-likeness (QED) is 0.673. The first kappa shape index (κ1) is 14.8. The fourth-order valence-corrected chi connectivity index (χ4v) is 2.89. The Bertz CT molecular complexity index is 497. The lowest BCUT2D eigenvalue weighted by Gasteiger charge is -2.36. The van der Waals surface area contributed by atoms with E-state index < -0.39 is 0 Å². The third-order valence-corrected chi connectivity index (χ3v) is 3.87. The van der Waals surface area contributed by atoms with Crippen molar-refractivity contribution in [2.45, 2.75) is 52.1 Å². The van der Waals surface area contributed by atoms with Crippen LogP contribution in [-0.2, 0) is 0 Å². The van der Waals surface area contributed by atoms with Crippen LogP contribution in [0.4, 0.5) is 11.5 Å². The molecule has 1 fully saturated rings. The average molecular weight is 281 g/mol. The lowest BCUT2D eigenvalue weighted by Crippen LogP contribution is -2.45. The summed E-state index contributed by atoms with van der Waals surface area (Å²) in [6.45, 7) is 6.99. The molecule has 7 heteroatoms. The molecule has 0 aromatic carbocycles. The minimum Gasteiger partial charge on any atom is -0.347 e. The van der Waals surface area contributed by atoms with Crippen molar-refractivity contribution in [3.8, 4) is 0 Å². The molecule has 1 aromatic heterocycles. The van der Waals surface area contributed by atoms with Crippen molar-refractivity contribution in [3.05, 3.63) is 15.8 Å². The Balaban J connectivity index is 2.54. The van der Waals surface area contributed by atoms with Crippen molar-refractivity contribution >= 4 is 11.5 Å². The number of hydrogen-bond acceptors (Lipinski definition) is 5. The molecule has 2 heterocycles. The fraction of sp³-hybridized carbons (Fsp3) is 0.769. The van der Waals surface area contributed by atoms with Gasteiger partial charge in [0.15, 0.2) is 0 Å². The zero-order valence-corrected chi connectivity index (χ0v) is 12.4. The second-order valence-electron chi connectivity index (χ2n) is 5.63. The molecule has 1 aliphatic heterocycles. The van der Waals surface area contributed by atoms with Crippen molar-refractivity contribution in [2.24, 2.45) is 5.73 Å². The molecule has 2 rings (SSSR count). The van der Waals surface area contributed by atoms with Gasteiger partial charge in [-0.25, -0.2) is 4.68 Å². The van der Waals surface area contributed by atoms with Crippen molar-refractivity contribution in [2.75, 3.05) is 18.0 Å². The number of nitrogens with two attached hydrogens (primary N) is 1. The predicted octanol–water partition coefficient (Wildman–Crippen LogP) is 2.00. The van der Waals surface area contributed by atoms with E-state index >= 15 is 0 Å². The summed E-state index contributed by atoms with van der Waals surface area (Å²) in [7, 11) is 0. The first-order valence-electron chi connectivity index (χ1n) is 7.17. The Hall–Kier alpha value is -1.63. The average Bonchev–Trinajstić information content (AvgIpc) is 2.76. The van der Waals surface area contributed by atoms with Crippen LogP contribution >= 0.6 is 0 Å². The van der Waals surface area contributed by atoms with Crippen LogP contribution in [0.25, 0.3) is 0 Å². The van der Waals surface area contributed by atoms with E-state index in [4.69, 9.17) is 5.73 Å². The summed E-state index contributed by atoms with van der Waals surface area (Å²) in [5.74, 6) is 0.623. The minimum absolute atomic E-state index is 0.0813. The van der Waals surface area contributed by atoms with Crippen LogP contribution in [0, 0.1) is 17.0 Å². The van der Waals surface area contributed by atoms with Crippen molar-refractivity contribution in [1.82, 2.24) is 9.78 Å². The van der Waals surface area contributed by atoms with Crippen LogP contribution in [0.2, 0.25) is 0 Å². The molecule has 0 aliphatic carbocycles. The Morgan fingerprint density at radius 2 is 2.20 bits per heavy atom. The third kappa shape index (κ3) is 2.49. The Labute approximate surface area is 118 Å². The van der Waals surface area contributed by atoms with Gasteiger partial charge in [0.25, 0.3) is 0 Å². The summed E-state index contributed by atoms with van der Waals surface area (Å²) in [6.07, 6.45) is 3.15. The van der Waals surface area contributed by atoms with Crippen LogP contribution in [-0.4, -0.2) is 33.8 Å². The van der Waals surface area contributed by atoms with Gasteiger partial charge in [0.05, 0.1) is 4.92 Å². The molecule has 1 saturated heterocycles. The Morgan fingerprint density at radius 3 is 2.75 bits per heavy atom. The molecule has 2 N–H and O–H groups in total. The van der Waals surface area contributed by atoms with Gasteiger partial charge >= 0.3 is 5.69 Å². The van der Waals surface area contributed by atoms with Crippen molar-refractivity contribution in [1.29, 1.82) is 0 Å². The molecule has 7 nitrogen and oxygen atoms in total. The molecule has 1 aliphatic rings. The summed E-state index contributed by atoms with van der Waals surface area (Å²) in [5.41, 5.74) is 6.45. The Kier molecular flexibility index (Phi) is 4.27. The van der Waals surface area contributed by atoms with Gasteiger partial charge in [-0.15, -0.1) is 0 Å². The highest BCUT2D eigenvalue weighted by Crippen LogP contribution is 2.36. The number of aryl methyl sites for hydroxylation is 1. The van der Waals surface area contributed by atoms with Crippen molar-refractivity contribution in [3.63, 3.8) is 0 Å². The van der Waals surface area contributed by atoms with Crippen LogP contribution in [0.15, 0.2) is 0 Å². The van der Waals surface area contributed by atoms with E-state index in [0.717, 1.165) is 25.8 Å². The van der Waals surface area contributed by atoms with E-state index in [2.05, 4.69) is 10.00 Å². The highest BCUT2D eigenvalue weighted by atomic mass is 16.6. The van der Waals surface area contributed by atoms with E-state index in [-0.39, 0.29) is 22.7 Å². The lowest BCUT2D eigenvalue weighted by molar-refractivity contribution is -0.384. The number of aromatic nitrogens is 2. The van der Waals surface area contributed by atoms with Gasteiger partial charge < -0.3 is 10.6 Å². The molecular weight excluding hydrogens is 258 g/mol. The highest BCUT2D eigenvalue weighted by molar-refractivity contribution is 5.62. The predicted molar refractivity (Wildman–Crippen MR) is 78.0 cm³/mol. The van der Waals surface area contributed by atoms with Gasteiger partial charge in [0.1, 0.15) is 5.69 Å². The number of piperidine rings is 1. The smallest absolute Gasteiger partial charge is 0.333 e. The lowest BCUT2D eigenvalue weighted by atomic mass is 10.0.